The van der Waals surface area contributed by atoms with Crippen LogP contribution in [0.25, 0.3) is 0 Å². The molecular formula is C21H40O4. The molecule has 1 rings (SSSR count). The zero-order valence-corrected chi connectivity index (χ0v) is 16.4. The zero-order valence-electron chi connectivity index (χ0n) is 16.4. The summed E-state index contributed by atoms with van der Waals surface area (Å²) in [6, 6.07) is 0. The summed E-state index contributed by atoms with van der Waals surface area (Å²) in [4.78, 5) is 11.1. The molecule has 148 valence electrons. The van der Waals surface area contributed by atoms with E-state index in [2.05, 4.69) is 11.7 Å². The molecule has 0 aromatic carbocycles. The highest BCUT2D eigenvalue weighted by molar-refractivity contribution is 5.68. The van der Waals surface area contributed by atoms with Gasteiger partial charge < -0.3 is 14.9 Å². The fourth-order valence-corrected chi connectivity index (χ4v) is 4.24. The van der Waals surface area contributed by atoms with Crippen molar-refractivity contribution < 1.29 is 19.7 Å². The van der Waals surface area contributed by atoms with Crippen molar-refractivity contribution in [2.75, 3.05) is 7.11 Å². The smallest absolute Gasteiger partial charge is 0.305 e. The minimum absolute atomic E-state index is 0.131. The van der Waals surface area contributed by atoms with E-state index in [9.17, 15) is 15.0 Å². The number of unbranched alkanes of at least 4 members (excludes halogenated alkanes) is 7. The van der Waals surface area contributed by atoms with E-state index in [1.807, 2.05) is 0 Å². The highest BCUT2D eigenvalue weighted by Gasteiger charge is 2.38. The summed E-state index contributed by atoms with van der Waals surface area (Å²) in [5.74, 6) is 0.399. The molecule has 0 saturated heterocycles. The number of carbonyl (C=O) groups is 1. The van der Waals surface area contributed by atoms with Crippen molar-refractivity contribution in [3.05, 3.63) is 0 Å². The van der Waals surface area contributed by atoms with Gasteiger partial charge in [0.05, 0.1) is 19.3 Å². The third-order valence-corrected chi connectivity index (χ3v) is 5.83. The number of hydrogen-bond donors (Lipinski definition) is 2. The lowest BCUT2D eigenvalue weighted by Crippen LogP contribution is -2.28. The van der Waals surface area contributed by atoms with Gasteiger partial charge in [0.2, 0.25) is 0 Å². The van der Waals surface area contributed by atoms with Gasteiger partial charge in [0, 0.05) is 6.42 Å². The molecule has 4 atom stereocenters. The highest BCUT2D eigenvalue weighted by atomic mass is 16.5. The predicted molar refractivity (Wildman–Crippen MR) is 101 cm³/mol. The number of carbonyl (C=O) groups excluding carboxylic acids is 1. The van der Waals surface area contributed by atoms with E-state index in [0.717, 1.165) is 57.8 Å². The average molecular weight is 357 g/mol. The van der Waals surface area contributed by atoms with Gasteiger partial charge in [0.15, 0.2) is 0 Å². The van der Waals surface area contributed by atoms with Crippen LogP contribution in [0.3, 0.4) is 0 Å². The summed E-state index contributed by atoms with van der Waals surface area (Å²) in [6.07, 6.45) is 13.9. The Morgan fingerprint density at radius 2 is 1.72 bits per heavy atom. The van der Waals surface area contributed by atoms with Crippen molar-refractivity contribution >= 4 is 5.97 Å². The maximum atomic E-state index is 11.1. The average Bonchev–Trinajstić information content (AvgIpc) is 2.98. The quantitative estimate of drug-likeness (QED) is 0.352. The Bertz CT molecular complexity index is 345. The van der Waals surface area contributed by atoms with Crippen LogP contribution in [0, 0.1) is 11.8 Å². The first-order valence-corrected chi connectivity index (χ1v) is 10.5. The molecule has 0 aliphatic heterocycles. The van der Waals surface area contributed by atoms with Gasteiger partial charge in [0.25, 0.3) is 0 Å². The Morgan fingerprint density at radius 3 is 2.44 bits per heavy atom. The molecule has 2 N–H and O–H groups in total. The first-order chi connectivity index (χ1) is 12.1. The Balaban J connectivity index is 2.20. The summed E-state index contributed by atoms with van der Waals surface area (Å²) in [6.45, 7) is 2.22. The molecule has 0 aromatic heterocycles. The van der Waals surface area contributed by atoms with E-state index in [1.165, 1.54) is 32.8 Å². The van der Waals surface area contributed by atoms with Gasteiger partial charge in [0.1, 0.15) is 0 Å². The number of aliphatic hydroxyl groups is 2. The number of methoxy groups -OCH3 is 1. The molecule has 1 fully saturated rings. The number of esters is 1. The maximum absolute atomic E-state index is 11.1. The second-order valence-corrected chi connectivity index (χ2v) is 7.77. The maximum Gasteiger partial charge on any atom is 0.305 e. The van der Waals surface area contributed by atoms with Gasteiger partial charge in [-0.3, -0.25) is 4.79 Å². The van der Waals surface area contributed by atoms with E-state index in [0.29, 0.717) is 6.42 Å². The van der Waals surface area contributed by atoms with Gasteiger partial charge in [-0.2, -0.15) is 0 Å². The standard InChI is InChI=1S/C21H40O4/c1-3-4-5-6-10-13-19(22)18-15-16-20(23)17(18)12-9-7-8-11-14-21(24)25-2/h17-20,22-23H,3-16H2,1-2H3/t17-,18-,19?,20?/m1/s1. The number of hydrogen-bond acceptors (Lipinski definition) is 4. The molecule has 2 unspecified atom stereocenters. The van der Waals surface area contributed by atoms with Gasteiger partial charge in [-0.15, -0.1) is 0 Å². The summed E-state index contributed by atoms with van der Waals surface area (Å²) in [5, 5.41) is 20.8. The molecule has 0 radical (unpaired) electrons. The Hall–Kier alpha value is -0.610. The van der Waals surface area contributed by atoms with Crippen molar-refractivity contribution in [2.24, 2.45) is 11.8 Å². The van der Waals surface area contributed by atoms with Gasteiger partial charge in [-0.25, -0.2) is 0 Å². The third-order valence-electron chi connectivity index (χ3n) is 5.83. The fourth-order valence-electron chi connectivity index (χ4n) is 4.24. The van der Waals surface area contributed by atoms with Gasteiger partial charge in [-0.1, -0.05) is 58.3 Å². The third kappa shape index (κ3) is 9.05. The fraction of sp³-hybridized carbons (Fsp3) is 0.952. The molecule has 0 heterocycles. The summed E-state index contributed by atoms with van der Waals surface area (Å²) >= 11 is 0. The van der Waals surface area contributed by atoms with Crippen LogP contribution in [-0.4, -0.2) is 35.5 Å². The lowest BCUT2D eigenvalue weighted by Gasteiger charge is -2.26. The minimum Gasteiger partial charge on any atom is -0.469 e. The highest BCUT2D eigenvalue weighted by Crippen LogP contribution is 2.39. The molecule has 4 heteroatoms. The molecule has 1 aliphatic rings. The minimum atomic E-state index is -0.247. The van der Waals surface area contributed by atoms with Gasteiger partial charge in [-0.05, 0) is 43.9 Å². The largest absolute Gasteiger partial charge is 0.469 e. The number of rotatable bonds is 14. The zero-order chi connectivity index (χ0) is 18.5. The molecule has 25 heavy (non-hydrogen) atoms. The van der Waals surface area contributed by atoms with E-state index >= 15 is 0 Å². The first kappa shape index (κ1) is 22.4. The van der Waals surface area contributed by atoms with Crippen LogP contribution in [0.15, 0.2) is 0 Å². The Morgan fingerprint density at radius 1 is 1.04 bits per heavy atom. The molecular weight excluding hydrogens is 316 g/mol. The Labute approximate surface area is 154 Å². The molecule has 0 aromatic rings. The Kier molecular flexibility index (Phi) is 12.2. The summed E-state index contributed by atoms with van der Waals surface area (Å²) in [5.41, 5.74) is 0. The molecule has 0 amide bonds. The van der Waals surface area contributed by atoms with Crippen molar-refractivity contribution in [3.8, 4) is 0 Å². The second-order valence-electron chi connectivity index (χ2n) is 7.77. The lowest BCUT2D eigenvalue weighted by atomic mass is 9.84. The van der Waals surface area contributed by atoms with Crippen LogP contribution in [0.4, 0.5) is 0 Å². The van der Waals surface area contributed by atoms with Crippen LogP contribution in [0.1, 0.15) is 96.8 Å². The van der Waals surface area contributed by atoms with Crippen LogP contribution in [-0.2, 0) is 9.53 Å². The molecule has 1 aliphatic carbocycles. The van der Waals surface area contributed by atoms with E-state index < -0.39 is 0 Å². The van der Waals surface area contributed by atoms with Crippen LogP contribution in [0.2, 0.25) is 0 Å². The van der Waals surface area contributed by atoms with Crippen molar-refractivity contribution in [1.82, 2.24) is 0 Å². The molecule has 1 saturated carbocycles. The summed E-state index contributed by atoms with van der Waals surface area (Å²) in [7, 11) is 1.43. The molecule has 0 bridgehead atoms. The van der Waals surface area contributed by atoms with E-state index in [-0.39, 0.29) is 30.0 Å². The monoisotopic (exact) mass is 356 g/mol. The molecule has 4 nitrogen and oxygen atoms in total. The van der Waals surface area contributed by atoms with Crippen molar-refractivity contribution in [1.29, 1.82) is 0 Å². The van der Waals surface area contributed by atoms with Gasteiger partial charge >= 0.3 is 5.97 Å². The lowest BCUT2D eigenvalue weighted by molar-refractivity contribution is -0.140. The predicted octanol–water partition coefficient (Wildman–Crippen LogP) is 4.61. The number of aliphatic hydroxyl groups excluding tert-OH is 2. The van der Waals surface area contributed by atoms with Crippen molar-refractivity contribution in [3.63, 3.8) is 0 Å². The van der Waals surface area contributed by atoms with Crippen molar-refractivity contribution in [2.45, 2.75) is 109 Å². The normalized spacial score (nSPS) is 24.4. The SMILES string of the molecule is CCCCCCCC(O)[C@@H]1CCC(O)[C@@H]1CCCCCCC(=O)OC. The summed E-state index contributed by atoms with van der Waals surface area (Å²) < 4.78 is 4.65. The topological polar surface area (TPSA) is 66.8 Å². The molecule has 0 spiro atoms. The van der Waals surface area contributed by atoms with Crippen LogP contribution >= 0.6 is 0 Å². The van der Waals surface area contributed by atoms with E-state index in [4.69, 9.17) is 0 Å². The van der Waals surface area contributed by atoms with Crippen LogP contribution in [0.5, 0.6) is 0 Å². The second kappa shape index (κ2) is 13.6. The first-order valence-electron chi connectivity index (χ1n) is 10.5. The van der Waals surface area contributed by atoms with Crippen LogP contribution < -0.4 is 0 Å². The van der Waals surface area contributed by atoms with E-state index in [1.54, 1.807) is 0 Å². The number of ether oxygens (including phenoxy) is 1.